The number of carbonyl (C=O) groups excluding carboxylic acids is 2. The lowest BCUT2D eigenvalue weighted by atomic mass is 10.00. The Balaban J connectivity index is 1.67. The SMILES string of the molecule is O=C(N[C@H]1CCSC2CCCC(C(=O)O)N2C1=O)C(S)Cc1ccccc1. The number of nitrogens with one attached hydrogen (secondary N) is 1. The van der Waals surface area contributed by atoms with Crippen LogP contribution in [0.1, 0.15) is 31.2 Å². The van der Waals surface area contributed by atoms with Crippen molar-refractivity contribution in [2.45, 2.75) is 54.8 Å². The fourth-order valence-corrected chi connectivity index (χ4v) is 5.30. The molecule has 2 fully saturated rings. The normalized spacial score (nSPS) is 26.6. The first-order chi connectivity index (χ1) is 13.0. The van der Waals surface area contributed by atoms with E-state index >= 15 is 0 Å². The molecule has 0 bridgehead atoms. The number of hydrogen-bond acceptors (Lipinski definition) is 5. The lowest BCUT2D eigenvalue weighted by Gasteiger charge is -2.39. The first-order valence-corrected chi connectivity index (χ1v) is 10.7. The molecule has 0 aromatic heterocycles. The number of thioether (sulfide) groups is 1. The van der Waals surface area contributed by atoms with Gasteiger partial charge in [0.2, 0.25) is 11.8 Å². The van der Waals surface area contributed by atoms with Gasteiger partial charge in [0.25, 0.3) is 0 Å². The predicted molar refractivity (Wildman–Crippen MR) is 108 cm³/mol. The third-order valence-corrected chi connectivity index (χ3v) is 6.76. The van der Waals surface area contributed by atoms with Crippen LogP contribution in [0.2, 0.25) is 0 Å². The third kappa shape index (κ3) is 4.79. The van der Waals surface area contributed by atoms with Gasteiger partial charge in [0.15, 0.2) is 0 Å². The highest BCUT2D eigenvalue weighted by Gasteiger charge is 2.43. The molecular formula is C19H24N2O4S2. The Morgan fingerprint density at radius 3 is 2.70 bits per heavy atom. The predicted octanol–water partition coefficient (Wildman–Crippen LogP) is 1.94. The number of aliphatic carboxylic acids is 1. The van der Waals surface area contributed by atoms with E-state index in [-0.39, 0.29) is 17.2 Å². The highest BCUT2D eigenvalue weighted by Crippen LogP contribution is 2.34. The standard InChI is InChI=1S/C19H24N2O4S2/c22-17(15(26)11-12-5-2-1-3-6-12)20-13-9-10-27-16-8-4-7-14(19(24)25)21(16)18(13)23/h1-3,5-6,13-16,26H,4,7-11H2,(H,20,22)(H,24,25)/t13-,14?,15?,16?/m0/s1. The Bertz CT molecular complexity index is 700. The molecule has 1 aromatic rings. The number of carbonyl (C=O) groups is 3. The molecule has 6 nitrogen and oxygen atoms in total. The second kappa shape index (κ2) is 9.01. The molecule has 0 radical (unpaired) electrons. The van der Waals surface area contributed by atoms with Crippen molar-refractivity contribution in [3.05, 3.63) is 35.9 Å². The summed E-state index contributed by atoms with van der Waals surface area (Å²) in [5, 5.41) is 11.6. The van der Waals surface area contributed by atoms with E-state index in [9.17, 15) is 19.5 Å². The van der Waals surface area contributed by atoms with E-state index in [4.69, 9.17) is 0 Å². The molecule has 3 rings (SSSR count). The molecule has 146 valence electrons. The molecule has 3 unspecified atom stereocenters. The topological polar surface area (TPSA) is 86.7 Å². The van der Waals surface area contributed by atoms with Gasteiger partial charge in [-0.1, -0.05) is 30.3 Å². The second-order valence-electron chi connectivity index (χ2n) is 6.91. The monoisotopic (exact) mass is 408 g/mol. The smallest absolute Gasteiger partial charge is 0.326 e. The molecule has 2 N–H and O–H groups in total. The number of carboxylic acid groups (broad SMARTS) is 1. The highest BCUT2D eigenvalue weighted by atomic mass is 32.2. The number of hydrogen-bond donors (Lipinski definition) is 3. The zero-order valence-electron chi connectivity index (χ0n) is 14.9. The van der Waals surface area contributed by atoms with Crippen LogP contribution in [0.25, 0.3) is 0 Å². The maximum absolute atomic E-state index is 13.0. The minimum atomic E-state index is -0.975. The zero-order valence-corrected chi connectivity index (χ0v) is 16.6. The average Bonchev–Trinajstić information content (AvgIpc) is 2.81. The molecule has 2 aliphatic rings. The maximum atomic E-state index is 13.0. The van der Waals surface area contributed by atoms with Crippen LogP contribution in [0.3, 0.4) is 0 Å². The summed E-state index contributed by atoms with van der Waals surface area (Å²) in [6, 6.07) is 8.08. The van der Waals surface area contributed by atoms with Crippen LogP contribution in [0.4, 0.5) is 0 Å². The Labute approximate surface area is 168 Å². The van der Waals surface area contributed by atoms with Crippen LogP contribution in [-0.4, -0.2) is 56.3 Å². The van der Waals surface area contributed by atoms with Crippen molar-refractivity contribution in [3.63, 3.8) is 0 Å². The summed E-state index contributed by atoms with van der Waals surface area (Å²) < 4.78 is 0. The summed E-state index contributed by atoms with van der Waals surface area (Å²) in [7, 11) is 0. The lowest BCUT2D eigenvalue weighted by molar-refractivity contribution is -0.154. The molecule has 0 spiro atoms. The molecule has 2 amide bonds. The summed E-state index contributed by atoms with van der Waals surface area (Å²) in [5.41, 5.74) is 0.998. The molecule has 2 saturated heterocycles. The minimum Gasteiger partial charge on any atom is -0.480 e. The van der Waals surface area contributed by atoms with Crippen molar-refractivity contribution in [2.24, 2.45) is 0 Å². The van der Waals surface area contributed by atoms with Gasteiger partial charge in [-0.25, -0.2) is 4.79 Å². The fourth-order valence-electron chi connectivity index (χ4n) is 3.62. The number of rotatable bonds is 5. The van der Waals surface area contributed by atoms with Gasteiger partial charge in [-0.3, -0.25) is 9.59 Å². The van der Waals surface area contributed by atoms with Gasteiger partial charge in [-0.2, -0.15) is 12.6 Å². The van der Waals surface area contributed by atoms with Gasteiger partial charge >= 0.3 is 5.97 Å². The third-order valence-electron chi connectivity index (χ3n) is 5.02. The molecule has 8 heteroatoms. The van der Waals surface area contributed by atoms with Crippen molar-refractivity contribution in [1.29, 1.82) is 0 Å². The van der Waals surface area contributed by atoms with Gasteiger partial charge in [0.1, 0.15) is 12.1 Å². The van der Waals surface area contributed by atoms with Gasteiger partial charge in [-0.15, -0.1) is 11.8 Å². The first kappa shape index (κ1) is 20.1. The number of nitrogens with zero attached hydrogens (tertiary/aromatic N) is 1. The molecule has 1 aromatic carbocycles. The van der Waals surface area contributed by atoms with E-state index in [2.05, 4.69) is 17.9 Å². The Morgan fingerprint density at radius 1 is 1.26 bits per heavy atom. The second-order valence-corrected chi connectivity index (χ2v) is 8.82. The van der Waals surface area contributed by atoms with Gasteiger partial charge in [0, 0.05) is 0 Å². The number of fused-ring (bicyclic) bond motifs is 1. The average molecular weight is 409 g/mol. The van der Waals surface area contributed by atoms with Crippen molar-refractivity contribution >= 4 is 42.2 Å². The van der Waals surface area contributed by atoms with Gasteiger partial charge in [-0.05, 0) is 43.4 Å². The molecular weight excluding hydrogens is 384 g/mol. The molecule has 27 heavy (non-hydrogen) atoms. The van der Waals surface area contributed by atoms with E-state index in [1.807, 2.05) is 30.3 Å². The number of benzene rings is 1. The number of thiol groups is 1. The van der Waals surface area contributed by atoms with Crippen LogP contribution in [-0.2, 0) is 20.8 Å². The van der Waals surface area contributed by atoms with Gasteiger partial charge < -0.3 is 15.3 Å². The highest BCUT2D eigenvalue weighted by molar-refractivity contribution is 7.99. The summed E-state index contributed by atoms with van der Waals surface area (Å²) in [6.45, 7) is 0. The summed E-state index contributed by atoms with van der Waals surface area (Å²) >= 11 is 6.01. The maximum Gasteiger partial charge on any atom is 0.326 e. The quantitative estimate of drug-likeness (QED) is 0.648. The van der Waals surface area contributed by atoms with Crippen LogP contribution in [0, 0.1) is 0 Å². The van der Waals surface area contributed by atoms with Crippen LogP contribution in [0.5, 0.6) is 0 Å². The lowest BCUT2D eigenvalue weighted by Crippen LogP contribution is -2.57. The minimum absolute atomic E-state index is 0.120. The van der Waals surface area contributed by atoms with Gasteiger partial charge in [0.05, 0.1) is 10.6 Å². The number of carboxylic acids is 1. The fraction of sp³-hybridized carbons (Fsp3) is 0.526. The Kier molecular flexibility index (Phi) is 6.70. The van der Waals surface area contributed by atoms with Crippen LogP contribution < -0.4 is 5.32 Å². The summed E-state index contributed by atoms with van der Waals surface area (Å²) in [4.78, 5) is 38.7. The van der Waals surface area contributed by atoms with Crippen molar-refractivity contribution in [1.82, 2.24) is 10.2 Å². The molecule has 0 aliphatic carbocycles. The van der Waals surface area contributed by atoms with Crippen molar-refractivity contribution in [3.8, 4) is 0 Å². The Morgan fingerprint density at radius 2 is 2.00 bits per heavy atom. The summed E-state index contributed by atoms with van der Waals surface area (Å²) in [5.74, 6) is -0.851. The summed E-state index contributed by atoms with van der Waals surface area (Å²) in [6.07, 6.45) is 3.02. The molecule has 4 atom stereocenters. The Hall–Kier alpha value is -1.67. The number of piperidine rings is 1. The molecule has 0 saturated carbocycles. The largest absolute Gasteiger partial charge is 0.480 e. The van der Waals surface area contributed by atoms with E-state index in [1.165, 1.54) is 4.90 Å². The van der Waals surface area contributed by atoms with E-state index < -0.39 is 23.3 Å². The number of amides is 2. The zero-order chi connectivity index (χ0) is 19.4. The molecule has 2 aliphatic heterocycles. The molecule has 2 heterocycles. The van der Waals surface area contributed by atoms with E-state index in [0.29, 0.717) is 25.0 Å². The van der Waals surface area contributed by atoms with Crippen molar-refractivity contribution in [2.75, 3.05) is 5.75 Å². The van der Waals surface area contributed by atoms with E-state index in [1.54, 1.807) is 11.8 Å². The van der Waals surface area contributed by atoms with E-state index in [0.717, 1.165) is 18.4 Å². The van der Waals surface area contributed by atoms with Crippen LogP contribution >= 0.6 is 24.4 Å². The van der Waals surface area contributed by atoms with Crippen LogP contribution in [0.15, 0.2) is 30.3 Å². The first-order valence-electron chi connectivity index (χ1n) is 9.16. The van der Waals surface area contributed by atoms with Crippen molar-refractivity contribution < 1.29 is 19.5 Å².